The van der Waals surface area contributed by atoms with Crippen LogP contribution in [0.4, 0.5) is 0 Å². The number of hydrogen-bond donors (Lipinski definition) is 2. The molecule has 0 aliphatic carbocycles. The Labute approximate surface area is 72.3 Å². The van der Waals surface area contributed by atoms with E-state index in [-0.39, 0.29) is 12.0 Å². The van der Waals surface area contributed by atoms with Gasteiger partial charge in [-0.2, -0.15) is 0 Å². The van der Waals surface area contributed by atoms with Crippen molar-refractivity contribution in [3.05, 3.63) is 0 Å². The zero-order chi connectivity index (χ0) is 9.14. The van der Waals surface area contributed by atoms with Gasteiger partial charge in [0.15, 0.2) is 0 Å². The number of nitrogens with two attached hydrogens (primary N) is 1. The van der Waals surface area contributed by atoms with Crippen LogP contribution in [0, 0.1) is 5.92 Å². The lowest BCUT2D eigenvalue weighted by Gasteiger charge is -2.34. The van der Waals surface area contributed by atoms with Crippen LogP contribution < -0.4 is 5.84 Å². The van der Waals surface area contributed by atoms with E-state index in [0.717, 1.165) is 25.8 Å². The van der Waals surface area contributed by atoms with Crippen molar-refractivity contribution in [2.75, 3.05) is 6.54 Å². The monoisotopic (exact) mass is 172 g/mol. The van der Waals surface area contributed by atoms with Gasteiger partial charge >= 0.3 is 5.97 Å². The number of carboxylic acid groups (broad SMARTS) is 1. The Balaban J connectivity index is 2.53. The van der Waals surface area contributed by atoms with E-state index in [2.05, 4.69) is 0 Å². The number of rotatable bonds is 2. The molecule has 0 aromatic rings. The molecule has 0 aromatic carbocycles. The molecule has 3 N–H and O–H groups in total. The first-order valence-electron chi connectivity index (χ1n) is 4.37. The fourth-order valence-corrected chi connectivity index (χ4v) is 1.68. The third kappa shape index (κ3) is 1.95. The molecule has 0 spiro atoms. The molecule has 1 aliphatic rings. The van der Waals surface area contributed by atoms with E-state index in [1.54, 1.807) is 11.9 Å². The molecule has 1 rings (SSSR count). The van der Waals surface area contributed by atoms with Crippen LogP contribution in [-0.2, 0) is 4.79 Å². The van der Waals surface area contributed by atoms with Crippen LogP contribution in [-0.4, -0.2) is 28.7 Å². The van der Waals surface area contributed by atoms with Gasteiger partial charge in [0.2, 0.25) is 0 Å². The molecule has 2 atom stereocenters. The maximum Gasteiger partial charge on any atom is 0.307 e. The van der Waals surface area contributed by atoms with Gasteiger partial charge in [-0.25, -0.2) is 5.01 Å². The number of aliphatic carboxylic acids is 1. The quantitative estimate of drug-likeness (QED) is 0.593. The van der Waals surface area contributed by atoms with E-state index in [1.807, 2.05) is 0 Å². The second-order valence-corrected chi connectivity index (χ2v) is 3.43. The van der Waals surface area contributed by atoms with E-state index in [1.165, 1.54) is 0 Å². The molecule has 0 amide bonds. The molecule has 4 nitrogen and oxygen atoms in total. The summed E-state index contributed by atoms with van der Waals surface area (Å²) in [5, 5.41) is 10.4. The predicted molar refractivity (Wildman–Crippen MR) is 45.3 cm³/mol. The average Bonchev–Trinajstić information content (AvgIpc) is 2.04. The Morgan fingerprint density at radius 3 is 2.83 bits per heavy atom. The summed E-state index contributed by atoms with van der Waals surface area (Å²) in [4.78, 5) is 10.7. The highest BCUT2D eigenvalue weighted by Crippen LogP contribution is 2.20. The second kappa shape index (κ2) is 3.87. The molecule has 12 heavy (non-hydrogen) atoms. The van der Waals surface area contributed by atoms with E-state index in [4.69, 9.17) is 10.9 Å². The minimum Gasteiger partial charge on any atom is -0.481 e. The van der Waals surface area contributed by atoms with Crippen molar-refractivity contribution in [1.82, 2.24) is 5.01 Å². The lowest BCUT2D eigenvalue weighted by Crippen LogP contribution is -2.49. The predicted octanol–water partition coefficient (Wildman–Crippen LogP) is 0.435. The molecule has 2 unspecified atom stereocenters. The van der Waals surface area contributed by atoms with Crippen LogP contribution in [0.15, 0.2) is 0 Å². The van der Waals surface area contributed by atoms with Gasteiger partial charge in [-0.15, -0.1) is 0 Å². The number of carboxylic acids is 1. The van der Waals surface area contributed by atoms with Crippen molar-refractivity contribution >= 4 is 5.97 Å². The highest BCUT2D eigenvalue weighted by Gasteiger charge is 2.29. The van der Waals surface area contributed by atoms with Crippen LogP contribution in [0.2, 0.25) is 0 Å². The lowest BCUT2D eigenvalue weighted by atomic mass is 9.93. The van der Waals surface area contributed by atoms with E-state index >= 15 is 0 Å². The van der Waals surface area contributed by atoms with Crippen molar-refractivity contribution in [1.29, 1.82) is 0 Å². The maximum absolute atomic E-state index is 10.7. The van der Waals surface area contributed by atoms with Crippen LogP contribution in [0.3, 0.4) is 0 Å². The summed E-state index contributed by atoms with van der Waals surface area (Å²) in [6, 6.07) is 0.0243. The van der Waals surface area contributed by atoms with Gasteiger partial charge in [0.1, 0.15) is 0 Å². The number of piperidine rings is 1. The third-order valence-corrected chi connectivity index (χ3v) is 2.56. The summed E-state index contributed by atoms with van der Waals surface area (Å²) < 4.78 is 0. The van der Waals surface area contributed by atoms with Crippen molar-refractivity contribution in [3.8, 4) is 0 Å². The van der Waals surface area contributed by atoms with Gasteiger partial charge in [-0.05, 0) is 12.8 Å². The number of carbonyl (C=O) groups is 1. The summed E-state index contributed by atoms with van der Waals surface area (Å²) >= 11 is 0. The zero-order valence-electron chi connectivity index (χ0n) is 7.36. The number of nitrogens with zero attached hydrogens (tertiary/aromatic N) is 1. The standard InChI is InChI=1S/C8H16N2O2/c1-6(8(11)12)7-4-2-3-5-10(7)9/h6-7H,2-5,9H2,1H3,(H,11,12). The van der Waals surface area contributed by atoms with Crippen LogP contribution in [0.25, 0.3) is 0 Å². The first kappa shape index (κ1) is 9.48. The Bertz CT molecular complexity index is 172. The molecular weight excluding hydrogens is 156 g/mol. The Kier molecular flexibility index (Phi) is 3.05. The summed E-state index contributed by atoms with van der Waals surface area (Å²) in [5.41, 5.74) is 0. The Hall–Kier alpha value is -0.610. The number of hydrogen-bond acceptors (Lipinski definition) is 3. The molecule has 0 aromatic heterocycles. The molecular formula is C8H16N2O2. The van der Waals surface area contributed by atoms with Gasteiger partial charge in [0.05, 0.1) is 5.92 Å². The van der Waals surface area contributed by atoms with Gasteiger partial charge in [-0.3, -0.25) is 10.6 Å². The van der Waals surface area contributed by atoms with E-state index in [0.29, 0.717) is 0 Å². The molecule has 1 fully saturated rings. The van der Waals surface area contributed by atoms with E-state index < -0.39 is 5.97 Å². The molecule has 0 radical (unpaired) electrons. The Morgan fingerprint density at radius 2 is 2.33 bits per heavy atom. The summed E-state index contributed by atoms with van der Waals surface area (Å²) in [7, 11) is 0. The fourth-order valence-electron chi connectivity index (χ4n) is 1.68. The van der Waals surface area contributed by atoms with Crippen molar-refractivity contribution in [3.63, 3.8) is 0 Å². The first-order chi connectivity index (χ1) is 5.63. The zero-order valence-corrected chi connectivity index (χ0v) is 7.36. The van der Waals surface area contributed by atoms with Gasteiger partial charge in [0.25, 0.3) is 0 Å². The normalized spacial score (nSPS) is 28.3. The van der Waals surface area contributed by atoms with Crippen molar-refractivity contribution in [2.24, 2.45) is 11.8 Å². The van der Waals surface area contributed by atoms with Crippen molar-refractivity contribution < 1.29 is 9.90 Å². The molecule has 0 saturated carbocycles. The SMILES string of the molecule is CC(C(=O)O)C1CCCCN1N. The smallest absolute Gasteiger partial charge is 0.307 e. The maximum atomic E-state index is 10.7. The highest BCUT2D eigenvalue weighted by molar-refractivity contribution is 5.70. The summed E-state index contributed by atoms with van der Waals surface area (Å²) in [5.74, 6) is 4.58. The van der Waals surface area contributed by atoms with Gasteiger partial charge < -0.3 is 5.11 Å². The third-order valence-electron chi connectivity index (χ3n) is 2.56. The molecule has 1 heterocycles. The van der Waals surface area contributed by atoms with Crippen molar-refractivity contribution in [2.45, 2.75) is 32.2 Å². The van der Waals surface area contributed by atoms with Crippen LogP contribution in [0.1, 0.15) is 26.2 Å². The topological polar surface area (TPSA) is 66.6 Å². The van der Waals surface area contributed by atoms with Crippen LogP contribution in [0.5, 0.6) is 0 Å². The lowest BCUT2D eigenvalue weighted by molar-refractivity contribution is -0.144. The second-order valence-electron chi connectivity index (χ2n) is 3.43. The molecule has 70 valence electrons. The minimum absolute atomic E-state index is 0.0243. The molecule has 0 bridgehead atoms. The molecule has 1 saturated heterocycles. The summed E-state index contributed by atoms with van der Waals surface area (Å²) in [6.45, 7) is 2.54. The fraction of sp³-hybridized carbons (Fsp3) is 0.875. The minimum atomic E-state index is -0.752. The van der Waals surface area contributed by atoms with Gasteiger partial charge in [0, 0.05) is 12.6 Å². The molecule has 1 aliphatic heterocycles. The first-order valence-corrected chi connectivity index (χ1v) is 4.37. The average molecular weight is 172 g/mol. The summed E-state index contributed by atoms with van der Waals surface area (Å²) in [6.07, 6.45) is 3.08. The van der Waals surface area contributed by atoms with E-state index in [9.17, 15) is 4.79 Å². The van der Waals surface area contributed by atoms with Gasteiger partial charge in [-0.1, -0.05) is 13.3 Å². The molecule has 4 heteroatoms. The largest absolute Gasteiger partial charge is 0.481 e. The number of hydrazine groups is 1. The Morgan fingerprint density at radius 1 is 1.67 bits per heavy atom. The van der Waals surface area contributed by atoms with Crippen LogP contribution >= 0.6 is 0 Å². The highest BCUT2D eigenvalue weighted by atomic mass is 16.4.